The third-order valence-electron chi connectivity index (χ3n) is 1.45. The Morgan fingerprint density at radius 1 is 1.33 bits per heavy atom. The van der Waals surface area contributed by atoms with E-state index in [-0.39, 0.29) is 32.7 Å². The second-order valence-electron chi connectivity index (χ2n) is 2.92. The quantitative estimate of drug-likeness (QED) is 0.617. The normalized spacial score (nSPS) is 13.0. The maximum atomic E-state index is 2.30. The Bertz CT molecular complexity index is 50.5. The fourth-order valence-electron chi connectivity index (χ4n) is 0.841. The van der Waals surface area contributed by atoms with Crippen LogP contribution in [0.25, 0.3) is 0 Å². The van der Waals surface area contributed by atoms with Crippen LogP contribution in [0.3, 0.4) is 0 Å². The minimum absolute atomic E-state index is 0. The molecule has 0 nitrogen and oxygen atoms in total. The van der Waals surface area contributed by atoms with E-state index < -0.39 is 0 Å². The molecule has 0 rings (SSSR count). The zero-order valence-electron chi connectivity index (χ0n) is 7.07. The van der Waals surface area contributed by atoms with Crippen molar-refractivity contribution in [1.82, 2.24) is 0 Å². The summed E-state index contributed by atoms with van der Waals surface area (Å²) >= 11 is 0. The van der Waals surface area contributed by atoms with Gasteiger partial charge in [0, 0.05) is 32.7 Å². The van der Waals surface area contributed by atoms with Crippen molar-refractivity contribution in [2.45, 2.75) is 40.5 Å². The van der Waals surface area contributed by atoms with Gasteiger partial charge < -0.3 is 5.92 Å². The van der Waals surface area contributed by atoms with Crippen LogP contribution in [0, 0.1) is 11.8 Å². The van der Waals surface area contributed by atoms with Crippen LogP contribution in [0.1, 0.15) is 40.5 Å². The molecule has 0 N–H and O–H groups in total. The van der Waals surface area contributed by atoms with E-state index in [2.05, 4.69) is 27.7 Å². The first-order chi connectivity index (χ1) is 3.66. The molecule has 0 bridgehead atoms. The molecular weight excluding hydrogens is 185 g/mol. The van der Waals surface area contributed by atoms with Crippen molar-refractivity contribution >= 4 is 0 Å². The molecule has 0 fully saturated rings. The third-order valence-corrected chi connectivity index (χ3v) is 1.45. The molecule has 1 heteroatoms. The van der Waals surface area contributed by atoms with Gasteiger partial charge in [0.15, 0.2) is 0 Å². The Hall–Kier alpha value is 1.10. The van der Waals surface area contributed by atoms with Gasteiger partial charge in [0.2, 0.25) is 0 Å². The Labute approximate surface area is 84.7 Å². The molecule has 9 heavy (non-hydrogen) atoms. The minimum atomic E-state index is 0. The second-order valence-corrected chi connectivity index (χ2v) is 2.92. The summed E-state index contributed by atoms with van der Waals surface area (Å²) in [6.45, 7) is 8.94. The van der Waals surface area contributed by atoms with E-state index in [4.69, 9.17) is 0 Å². The van der Waals surface area contributed by atoms with Gasteiger partial charge in [-0.25, -0.2) is 0 Å². The number of hydrogen-bond acceptors (Lipinski definition) is 0. The second kappa shape index (κ2) is 7.21. The molecule has 0 aromatic carbocycles. The summed E-state index contributed by atoms with van der Waals surface area (Å²) < 4.78 is 0. The van der Waals surface area contributed by atoms with Gasteiger partial charge >= 0.3 is 0 Å². The molecule has 0 aliphatic carbocycles. The zero-order valence-corrected chi connectivity index (χ0v) is 9.91. The van der Waals surface area contributed by atoms with Crippen LogP contribution in [0.5, 0.6) is 0 Å². The van der Waals surface area contributed by atoms with E-state index in [0.717, 1.165) is 5.92 Å². The molecular formula is C8H17Y-. The topological polar surface area (TPSA) is 0 Å². The van der Waals surface area contributed by atoms with Gasteiger partial charge in [0.05, 0.1) is 0 Å². The molecule has 0 aliphatic heterocycles. The van der Waals surface area contributed by atoms with Crippen LogP contribution in [0.2, 0.25) is 0 Å². The first kappa shape index (κ1) is 12.8. The largest absolute Gasteiger partial charge is 0.319 e. The maximum Gasteiger partial charge on any atom is 0 e. The molecule has 53 valence electrons. The van der Waals surface area contributed by atoms with E-state index in [1.165, 1.54) is 12.8 Å². The average Bonchev–Trinajstić information content (AvgIpc) is 1.65. The summed E-state index contributed by atoms with van der Waals surface area (Å²) in [6, 6.07) is 0. The van der Waals surface area contributed by atoms with E-state index in [0.29, 0.717) is 0 Å². The van der Waals surface area contributed by atoms with Crippen molar-refractivity contribution in [3.8, 4) is 0 Å². The fourth-order valence-corrected chi connectivity index (χ4v) is 0.841. The molecule has 0 saturated carbocycles. The average molecular weight is 202 g/mol. The standard InChI is InChI=1S/C8H17.Y/c1-5-8(4)6-7(2)3;/h8H,5-6H2,1-4H3;/q-1;. The van der Waals surface area contributed by atoms with E-state index in [1.807, 2.05) is 0 Å². The summed E-state index contributed by atoms with van der Waals surface area (Å²) in [5.74, 6) is 2.44. The van der Waals surface area contributed by atoms with Gasteiger partial charge in [-0.05, 0) is 0 Å². The molecule has 0 aliphatic rings. The van der Waals surface area contributed by atoms with E-state index in [9.17, 15) is 0 Å². The van der Waals surface area contributed by atoms with Gasteiger partial charge in [-0.15, -0.1) is 0 Å². The number of hydrogen-bond donors (Lipinski definition) is 0. The maximum absolute atomic E-state index is 2.30. The first-order valence-electron chi connectivity index (χ1n) is 3.45. The summed E-state index contributed by atoms with van der Waals surface area (Å²) in [6.07, 6.45) is 2.61. The number of rotatable bonds is 3. The van der Waals surface area contributed by atoms with Crippen LogP contribution in [0.15, 0.2) is 0 Å². The van der Waals surface area contributed by atoms with Crippen LogP contribution in [-0.2, 0) is 32.7 Å². The predicted molar refractivity (Wildman–Crippen MR) is 38.7 cm³/mol. The predicted octanol–water partition coefficient (Wildman–Crippen LogP) is 3.03. The Morgan fingerprint density at radius 3 is 1.89 bits per heavy atom. The van der Waals surface area contributed by atoms with Gasteiger partial charge in [0.1, 0.15) is 0 Å². The Kier molecular flexibility index (Phi) is 10.2. The van der Waals surface area contributed by atoms with Crippen molar-refractivity contribution in [3.05, 3.63) is 5.92 Å². The molecule has 0 spiro atoms. The van der Waals surface area contributed by atoms with Gasteiger partial charge in [-0.1, -0.05) is 26.2 Å². The molecule has 0 amide bonds. The Balaban J connectivity index is 0. The SMILES string of the molecule is CCC(C)C[C-](C)C.[Y]. The summed E-state index contributed by atoms with van der Waals surface area (Å²) in [7, 11) is 0. The fraction of sp³-hybridized carbons (Fsp3) is 0.875. The monoisotopic (exact) mass is 202 g/mol. The zero-order chi connectivity index (χ0) is 6.57. The van der Waals surface area contributed by atoms with Crippen molar-refractivity contribution in [2.75, 3.05) is 0 Å². The van der Waals surface area contributed by atoms with Crippen LogP contribution < -0.4 is 0 Å². The smallest absolute Gasteiger partial charge is 0 e. The van der Waals surface area contributed by atoms with E-state index >= 15 is 0 Å². The molecule has 0 aromatic rings. The third kappa shape index (κ3) is 9.10. The van der Waals surface area contributed by atoms with Crippen molar-refractivity contribution in [3.63, 3.8) is 0 Å². The van der Waals surface area contributed by atoms with Crippen molar-refractivity contribution in [2.24, 2.45) is 5.92 Å². The molecule has 1 radical (unpaired) electrons. The molecule has 0 heterocycles. The van der Waals surface area contributed by atoms with Crippen LogP contribution in [-0.4, -0.2) is 0 Å². The first-order valence-corrected chi connectivity index (χ1v) is 3.45. The summed E-state index contributed by atoms with van der Waals surface area (Å²) in [5.41, 5.74) is 0. The summed E-state index contributed by atoms with van der Waals surface area (Å²) in [4.78, 5) is 0. The van der Waals surface area contributed by atoms with Crippen LogP contribution in [0.4, 0.5) is 0 Å². The minimum Gasteiger partial charge on any atom is -0.319 e. The van der Waals surface area contributed by atoms with Gasteiger partial charge in [0.25, 0.3) is 0 Å². The molecule has 0 aromatic heterocycles. The summed E-state index contributed by atoms with van der Waals surface area (Å²) in [5, 5.41) is 0. The Morgan fingerprint density at radius 2 is 1.78 bits per heavy atom. The molecule has 1 atom stereocenters. The van der Waals surface area contributed by atoms with E-state index in [1.54, 1.807) is 5.92 Å². The van der Waals surface area contributed by atoms with Gasteiger partial charge in [-0.2, -0.15) is 20.3 Å². The van der Waals surface area contributed by atoms with Crippen LogP contribution >= 0.6 is 0 Å². The molecule has 1 unspecified atom stereocenters. The van der Waals surface area contributed by atoms with Gasteiger partial charge in [-0.3, -0.25) is 0 Å². The van der Waals surface area contributed by atoms with Crippen molar-refractivity contribution in [1.29, 1.82) is 0 Å². The van der Waals surface area contributed by atoms with Crippen molar-refractivity contribution < 1.29 is 32.7 Å². The molecule has 0 saturated heterocycles.